The van der Waals surface area contributed by atoms with Gasteiger partial charge in [-0.15, -0.1) is 11.6 Å². The van der Waals surface area contributed by atoms with E-state index in [9.17, 15) is 4.79 Å². The first kappa shape index (κ1) is 12.6. The molecule has 1 amide bonds. The van der Waals surface area contributed by atoms with Crippen LogP contribution in [0, 0.1) is 0 Å². The molecule has 1 rings (SSSR count). The van der Waals surface area contributed by atoms with Crippen LogP contribution in [-0.2, 0) is 0 Å². The predicted molar refractivity (Wildman–Crippen MR) is 63.3 cm³/mol. The van der Waals surface area contributed by atoms with Gasteiger partial charge in [-0.3, -0.25) is 4.79 Å². The maximum absolute atomic E-state index is 11.6. The van der Waals surface area contributed by atoms with Crippen LogP contribution in [-0.4, -0.2) is 17.8 Å². The Bertz CT molecular complexity index is 327. The van der Waals surface area contributed by atoms with Gasteiger partial charge in [0.2, 0.25) is 0 Å². The number of nitrogens with one attached hydrogen (secondary N) is 1. The molecule has 0 bridgehead atoms. The van der Waals surface area contributed by atoms with E-state index in [0.717, 1.165) is 12.8 Å². The molecule has 0 saturated carbocycles. The molecule has 3 nitrogen and oxygen atoms in total. The minimum atomic E-state index is -0.143. The summed E-state index contributed by atoms with van der Waals surface area (Å²) in [7, 11) is 0. The number of halogens is 2. The molecule has 1 aromatic heterocycles. The van der Waals surface area contributed by atoms with Crippen LogP contribution in [0.3, 0.4) is 0 Å². The molecule has 0 aliphatic carbocycles. The van der Waals surface area contributed by atoms with Crippen molar-refractivity contribution in [2.45, 2.75) is 25.1 Å². The van der Waals surface area contributed by atoms with Crippen LogP contribution in [0.15, 0.2) is 21.4 Å². The van der Waals surface area contributed by atoms with Crippen molar-refractivity contribution in [1.29, 1.82) is 0 Å². The molecule has 1 N–H and O–H groups in total. The van der Waals surface area contributed by atoms with Gasteiger partial charge < -0.3 is 9.73 Å². The maximum atomic E-state index is 11.6. The van der Waals surface area contributed by atoms with Gasteiger partial charge in [0.1, 0.15) is 0 Å². The average molecular weight is 295 g/mol. The zero-order valence-corrected chi connectivity index (χ0v) is 10.8. The lowest BCUT2D eigenvalue weighted by Crippen LogP contribution is -2.25. The summed E-state index contributed by atoms with van der Waals surface area (Å²) in [4.78, 5) is 11.6. The summed E-state index contributed by atoms with van der Waals surface area (Å²) >= 11 is 9.07. The molecule has 5 heteroatoms. The number of hydrogen-bond acceptors (Lipinski definition) is 2. The molecule has 0 aliphatic rings. The van der Waals surface area contributed by atoms with Crippen LogP contribution in [0.1, 0.15) is 30.1 Å². The Kier molecular flexibility index (Phi) is 5.19. The van der Waals surface area contributed by atoms with Crippen LogP contribution in [0.2, 0.25) is 0 Å². The Morgan fingerprint density at radius 2 is 2.47 bits per heavy atom. The summed E-state index contributed by atoms with van der Waals surface area (Å²) in [6.45, 7) is 2.60. The average Bonchev–Trinajstić information content (AvgIpc) is 2.64. The minimum Gasteiger partial charge on any atom is -0.457 e. The smallest absolute Gasteiger partial charge is 0.255 e. The number of alkyl halides is 1. The Morgan fingerprint density at radius 3 is 3.00 bits per heavy atom. The highest BCUT2D eigenvalue weighted by atomic mass is 79.9. The molecule has 1 aromatic rings. The molecule has 0 fully saturated rings. The minimum absolute atomic E-state index is 0.123. The van der Waals surface area contributed by atoms with Crippen molar-refractivity contribution in [2.24, 2.45) is 0 Å². The summed E-state index contributed by atoms with van der Waals surface area (Å²) in [5.74, 6) is -0.143. The predicted octanol–water partition coefficient (Wildman–Crippen LogP) is 3.18. The molecule has 0 saturated heterocycles. The number of rotatable bonds is 5. The summed E-state index contributed by atoms with van der Waals surface area (Å²) in [5, 5.41) is 2.90. The van der Waals surface area contributed by atoms with Crippen molar-refractivity contribution in [2.75, 3.05) is 6.54 Å². The van der Waals surface area contributed by atoms with Gasteiger partial charge in [-0.25, -0.2) is 0 Å². The van der Waals surface area contributed by atoms with Gasteiger partial charge in [0, 0.05) is 11.9 Å². The highest BCUT2D eigenvalue weighted by Crippen LogP contribution is 2.17. The molecule has 0 aliphatic heterocycles. The van der Waals surface area contributed by atoms with Gasteiger partial charge >= 0.3 is 0 Å². The molecule has 0 radical (unpaired) electrons. The van der Waals surface area contributed by atoms with Gasteiger partial charge in [-0.05, 0) is 34.8 Å². The van der Waals surface area contributed by atoms with E-state index in [2.05, 4.69) is 21.2 Å². The zero-order valence-electron chi connectivity index (χ0n) is 8.43. The highest BCUT2D eigenvalue weighted by Gasteiger charge is 2.12. The lowest BCUT2D eigenvalue weighted by atomic mass is 10.2. The van der Waals surface area contributed by atoms with E-state index in [1.807, 2.05) is 6.92 Å². The number of carbonyl (C=O) groups is 1. The highest BCUT2D eigenvalue weighted by molar-refractivity contribution is 9.10. The van der Waals surface area contributed by atoms with Gasteiger partial charge in [0.05, 0.1) is 11.8 Å². The quantitative estimate of drug-likeness (QED) is 0.848. The van der Waals surface area contributed by atoms with E-state index < -0.39 is 0 Å². The molecular formula is C10H13BrClNO2. The molecule has 0 spiro atoms. The Hall–Kier alpha value is -0.480. The standard InChI is InChI=1S/C10H13BrClNO2/c1-2-7(12)3-5-13-10(14)8-4-6-15-9(8)11/h4,6-7H,2-3,5H2,1H3,(H,13,14). The number of furan rings is 1. The number of amides is 1. The van der Waals surface area contributed by atoms with Crippen LogP contribution >= 0.6 is 27.5 Å². The first-order valence-electron chi connectivity index (χ1n) is 4.80. The maximum Gasteiger partial charge on any atom is 0.255 e. The van der Waals surface area contributed by atoms with Crippen molar-refractivity contribution >= 4 is 33.4 Å². The van der Waals surface area contributed by atoms with E-state index >= 15 is 0 Å². The Morgan fingerprint density at radius 1 is 1.73 bits per heavy atom. The topological polar surface area (TPSA) is 42.2 Å². The van der Waals surface area contributed by atoms with Crippen molar-refractivity contribution in [3.05, 3.63) is 22.6 Å². The summed E-state index contributed by atoms with van der Waals surface area (Å²) in [6.07, 6.45) is 3.15. The second-order valence-corrected chi connectivity index (χ2v) is 4.50. The van der Waals surface area contributed by atoms with Crippen molar-refractivity contribution in [3.8, 4) is 0 Å². The SMILES string of the molecule is CCC(Cl)CCNC(=O)c1ccoc1Br. The third-order valence-corrected chi connectivity index (χ3v) is 3.19. The summed E-state index contributed by atoms with van der Waals surface area (Å²) < 4.78 is 5.42. The van der Waals surface area contributed by atoms with E-state index in [0.29, 0.717) is 16.8 Å². The number of carbonyl (C=O) groups excluding carboxylic acids is 1. The van der Waals surface area contributed by atoms with Gasteiger partial charge in [0.25, 0.3) is 5.91 Å². The molecule has 15 heavy (non-hydrogen) atoms. The first-order valence-corrected chi connectivity index (χ1v) is 6.03. The van der Waals surface area contributed by atoms with Crippen molar-refractivity contribution in [3.63, 3.8) is 0 Å². The van der Waals surface area contributed by atoms with Crippen LogP contribution in [0.5, 0.6) is 0 Å². The Balaban J connectivity index is 2.34. The van der Waals surface area contributed by atoms with E-state index in [1.165, 1.54) is 6.26 Å². The molecular weight excluding hydrogens is 281 g/mol. The number of hydrogen-bond donors (Lipinski definition) is 1. The van der Waals surface area contributed by atoms with Crippen LogP contribution in [0.4, 0.5) is 0 Å². The fourth-order valence-electron chi connectivity index (χ4n) is 1.10. The fourth-order valence-corrected chi connectivity index (χ4v) is 1.63. The normalized spacial score (nSPS) is 12.5. The lowest BCUT2D eigenvalue weighted by Gasteiger charge is -2.07. The van der Waals surface area contributed by atoms with E-state index in [-0.39, 0.29) is 11.3 Å². The van der Waals surface area contributed by atoms with Crippen molar-refractivity contribution in [1.82, 2.24) is 5.32 Å². The molecule has 1 unspecified atom stereocenters. The van der Waals surface area contributed by atoms with E-state index in [1.54, 1.807) is 6.07 Å². The van der Waals surface area contributed by atoms with Gasteiger partial charge in [0.15, 0.2) is 4.67 Å². The summed E-state index contributed by atoms with van der Waals surface area (Å²) in [5.41, 5.74) is 0.512. The third kappa shape index (κ3) is 3.87. The van der Waals surface area contributed by atoms with Crippen LogP contribution < -0.4 is 5.32 Å². The molecule has 84 valence electrons. The second kappa shape index (κ2) is 6.18. The lowest BCUT2D eigenvalue weighted by molar-refractivity contribution is 0.0951. The van der Waals surface area contributed by atoms with Crippen LogP contribution in [0.25, 0.3) is 0 Å². The fraction of sp³-hybridized carbons (Fsp3) is 0.500. The molecule has 1 atom stereocenters. The molecule has 0 aromatic carbocycles. The Labute approximate surface area is 102 Å². The molecule has 1 heterocycles. The largest absolute Gasteiger partial charge is 0.457 e. The third-order valence-electron chi connectivity index (χ3n) is 2.05. The van der Waals surface area contributed by atoms with E-state index in [4.69, 9.17) is 16.0 Å². The van der Waals surface area contributed by atoms with Crippen molar-refractivity contribution < 1.29 is 9.21 Å². The summed E-state index contributed by atoms with van der Waals surface area (Å²) in [6, 6.07) is 1.62. The van der Waals surface area contributed by atoms with Gasteiger partial charge in [-0.2, -0.15) is 0 Å². The zero-order chi connectivity index (χ0) is 11.3. The first-order chi connectivity index (χ1) is 7.15. The van der Waals surface area contributed by atoms with Gasteiger partial charge in [-0.1, -0.05) is 6.92 Å². The second-order valence-electron chi connectivity index (χ2n) is 3.16. The monoisotopic (exact) mass is 293 g/mol.